The Morgan fingerprint density at radius 1 is 1.08 bits per heavy atom. The van der Waals surface area contributed by atoms with Crippen molar-refractivity contribution < 1.29 is 27.5 Å². The topological polar surface area (TPSA) is 136 Å². The molecule has 0 unspecified atom stereocenters. The minimum Gasteiger partial charge on any atom is -0.452 e. The molecule has 0 saturated carbocycles. The molecule has 0 spiro atoms. The summed E-state index contributed by atoms with van der Waals surface area (Å²) < 4.78 is 31.1. The Labute approximate surface area is 145 Å². The van der Waals surface area contributed by atoms with Gasteiger partial charge < -0.3 is 10.5 Å². The predicted molar refractivity (Wildman–Crippen MR) is 87.1 cm³/mol. The first kappa shape index (κ1) is 18.9. The van der Waals surface area contributed by atoms with Crippen molar-refractivity contribution >= 4 is 27.9 Å². The van der Waals surface area contributed by atoms with Gasteiger partial charge in [-0.2, -0.15) is 4.31 Å². The van der Waals surface area contributed by atoms with Crippen LogP contribution in [0.15, 0.2) is 29.2 Å². The summed E-state index contributed by atoms with van der Waals surface area (Å²) in [5.41, 5.74) is 4.84. The third-order valence-corrected chi connectivity index (χ3v) is 5.55. The number of carbonyl (C=O) groups excluding carboxylic acids is 3. The van der Waals surface area contributed by atoms with E-state index in [1.165, 1.54) is 28.6 Å². The zero-order valence-corrected chi connectivity index (χ0v) is 14.3. The van der Waals surface area contributed by atoms with E-state index in [2.05, 4.69) is 0 Å². The number of amides is 3. The summed E-state index contributed by atoms with van der Waals surface area (Å²) >= 11 is 0. The van der Waals surface area contributed by atoms with Gasteiger partial charge in [-0.3, -0.25) is 10.1 Å². The van der Waals surface area contributed by atoms with Gasteiger partial charge in [0.2, 0.25) is 10.0 Å². The lowest BCUT2D eigenvalue weighted by atomic mass is 10.2. The molecule has 136 valence electrons. The zero-order valence-electron chi connectivity index (χ0n) is 13.4. The maximum absolute atomic E-state index is 12.5. The maximum atomic E-state index is 12.5. The van der Waals surface area contributed by atoms with Crippen molar-refractivity contribution in [1.29, 1.82) is 0 Å². The first-order valence-corrected chi connectivity index (χ1v) is 9.11. The minimum atomic E-state index is -3.58. The number of benzene rings is 1. The molecule has 25 heavy (non-hydrogen) atoms. The second-order valence-electron chi connectivity index (χ2n) is 5.48. The van der Waals surface area contributed by atoms with Crippen LogP contribution in [0, 0.1) is 0 Å². The molecule has 9 nitrogen and oxygen atoms in total. The minimum absolute atomic E-state index is 0.0875. The monoisotopic (exact) mass is 369 g/mol. The van der Waals surface area contributed by atoms with Gasteiger partial charge in [-0.15, -0.1) is 0 Å². The van der Waals surface area contributed by atoms with Gasteiger partial charge in [-0.1, -0.05) is 6.42 Å². The van der Waals surface area contributed by atoms with E-state index in [9.17, 15) is 22.8 Å². The van der Waals surface area contributed by atoms with Gasteiger partial charge >= 0.3 is 12.0 Å². The van der Waals surface area contributed by atoms with E-state index in [0.29, 0.717) is 13.1 Å². The van der Waals surface area contributed by atoms with Gasteiger partial charge in [0.1, 0.15) is 0 Å². The lowest BCUT2D eigenvalue weighted by Gasteiger charge is -2.25. The molecule has 10 heteroatoms. The Balaban J connectivity index is 2.00. The highest BCUT2D eigenvalue weighted by atomic mass is 32.2. The standard InChI is InChI=1S/C15H19N3O6S/c16-15(21)17-13(19)10-24-14(20)11-4-6-12(7-5-11)25(22,23)18-8-2-1-3-9-18/h4-7H,1-3,8-10H2,(H3,16,17,19,21). The van der Waals surface area contributed by atoms with Gasteiger partial charge in [-0.05, 0) is 37.1 Å². The highest BCUT2D eigenvalue weighted by Gasteiger charge is 2.26. The number of hydrogen-bond donors (Lipinski definition) is 2. The molecule has 1 aromatic rings. The number of urea groups is 1. The van der Waals surface area contributed by atoms with E-state index < -0.39 is 34.5 Å². The van der Waals surface area contributed by atoms with E-state index in [4.69, 9.17) is 10.5 Å². The molecular weight excluding hydrogens is 350 g/mol. The fraction of sp³-hybridized carbons (Fsp3) is 0.400. The van der Waals surface area contributed by atoms with Crippen molar-refractivity contribution in [2.24, 2.45) is 5.73 Å². The number of primary amides is 1. The van der Waals surface area contributed by atoms with Gasteiger partial charge in [0, 0.05) is 13.1 Å². The van der Waals surface area contributed by atoms with Crippen LogP contribution in [-0.4, -0.2) is 50.3 Å². The highest BCUT2D eigenvalue weighted by molar-refractivity contribution is 7.89. The number of nitrogens with two attached hydrogens (primary N) is 1. The number of hydrogen-bond acceptors (Lipinski definition) is 6. The van der Waals surface area contributed by atoms with Crippen LogP contribution in [0.3, 0.4) is 0 Å². The van der Waals surface area contributed by atoms with Crippen LogP contribution in [0.5, 0.6) is 0 Å². The second kappa shape index (κ2) is 8.08. The Morgan fingerprint density at radius 2 is 1.68 bits per heavy atom. The molecule has 2 rings (SSSR count). The Hall–Kier alpha value is -2.46. The van der Waals surface area contributed by atoms with Crippen molar-refractivity contribution in [3.63, 3.8) is 0 Å². The molecule has 0 atom stereocenters. The Bertz CT molecular complexity index is 754. The summed E-state index contributed by atoms with van der Waals surface area (Å²) in [6.45, 7) is 0.303. The first-order chi connectivity index (χ1) is 11.8. The number of esters is 1. The summed E-state index contributed by atoms with van der Waals surface area (Å²) in [5, 5.41) is 1.75. The van der Waals surface area contributed by atoms with Crippen LogP contribution in [0.4, 0.5) is 4.79 Å². The molecule has 3 amide bonds. The molecular formula is C15H19N3O6S. The summed E-state index contributed by atoms with van der Waals surface area (Å²) in [7, 11) is -3.58. The number of rotatable bonds is 5. The molecule has 1 aliphatic rings. The van der Waals surface area contributed by atoms with Crippen molar-refractivity contribution in [2.75, 3.05) is 19.7 Å². The molecule has 0 aliphatic carbocycles. The molecule has 0 bridgehead atoms. The second-order valence-corrected chi connectivity index (χ2v) is 7.42. The molecule has 1 saturated heterocycles. The number of nitrogens with zero attached hydrogens (tertiary/aromatic N) is 1. The van der Waals surface area contributed by atoms with Gasteiger partial charge in [-0.25, -0.2) is 18.0 Å². The van der Waals surface area contributed by atoms with Crippen LogP contribution in [0.1, 0.15) is 29.6 Å². The van der Waals surface area contributed by atoms with Crippen LogP contribution < -0.4 is 11.1 Å². The number of carbonyl (C=O) groups is 3. The van der Waals surface area contributed by atoms with Crippen LogP contribution in [0.2, 0.25) is 0 Å². The zero-order chi connectivity index (χ0) is 18.4. The molecule has 3 N–H and O–H groups in total. The normalized spacial score (nSPS) is 15.4. The van der Waals surface area contributed by atoms with E-state index in [1.54, 1.807) is 5.32 Å². The molecule has 1 heterocycles. The molecule has 0 radical (unpaired) electrons. The van der Waals surface area contributed by atoms with Crippen molar-refractivity contribution in [1.82, 2.24) is 9.62 Å². The first-order valence-electron chi connectivity index (χ1n) is 7.67. The van der Waals surface area contributed by atoms with Gasteiger partial charge in [0.15, 0.2) is 6.61 Å². The third kappa shape index (κ3) is 5.00. The fourth-order valence-corrected chi connectivity index (χ4v) is 3.92. The maximum Gasteiger partial charge on any atom is 0.338 e. The lowest BCUT2D eigenvalue weighted by Crippen LogP contribution is -2.37. The Morgan fingerprint density at radius 3 is 2.24 bits per heavy atom. The number of imide groups is 1. The molecule has 1 aromatic carbocycles. The molecule has 1 fully saturated rings. The van der Waals surface area contributed by atoms with Crippen molar-refractivity contribution in [2.45, 2.75) is 24.2 Å². The fourth-order valence-electron chi connectivity index (χ4n) is 2.41. The van der Waals surface area contributed by atoms with Crippen LogP contribution >= 0.6 is 0 Å². The number of nitrogens with one attached hydrogen (secondary N) is 1. The summed E-state index contributed by atoms with van der Waals surface area (Å²) in [6.07, 6.45) is 2.67. The predicted octanol–water partition coefficient (Wildman–Crippen LogP) is 0.213. The van der Waals surface area contributed by atoms with Crippen LogP contribution in [0.25, 0.3) is 0 Å². The SMILES string of the molecule is NC(=O)NC(=O)COC(=O)c1ccc(S(=O)(=O)N2CCCCC2)cc1. The highest BCUT2D eigenvalue weighted by Crippen LogP contribution is 2.21. The summed E-state index contributed by atoms with van der Waals surface area (Å²) in [4.78, 5) is 33.6. The average Bonchev–Trinajstić information content (AvgIpc) is 2.60. The van der Waals surface area contributed by atoms with Crippen LogP contribution in [-0.2, 0) is 19.6 Å². The smallest absolute Gasteiger partial charge is 0.338 e. The van der Waals surface area contributed by atoms with E-state index in [0.717, 1.165) is 19.3 Å². The van der Waals surface area contributed by atoms with Gasteiger partial charge in [0.25, 0.3) is 5.91 Å². The molecule has 0 aromatic heterocycles. The Kier molecular flexibility index (Phi) is 6.10. The van der Waals surface area contributed by atoms with Crippen molar-refractivity contribution in [3.05, 3.63) is 29.8 Å². The molecule has 1 aliphatic heterocycles. The number of ether oxygens (including phenoxy) is 1. The quantitative estimate of drug-likeness (QED) is 0.712. The van der Waals surface area contributed by atoms with E-state index in [-0.39, 0.29) is 10.5 Å². The number of sulfonamides is 1. The van der Waals surface area contributed by atoms with Crippen molar-refractivity contribution in [3.8, 4) is 0 Å². The largest absolute Gasteiger partial charge is 0.452 e. The van der Waals surface area contributed by atoms with E-state index in [1.807, 2.05) is 0 Å². The summed E-state index contributed by atoms with van der Waals surface area (Å²) in [6, 6.07) is 4.22. The third-order valence-electron chi connectivity index (χ3n) is 3.64. The average molecular weight is 369 g/mol. The lowest BCUT2D eigenvalue weighted by molar-refractivity contribution is -0.123. The number of piperidine rings is 1. The van der Waals surface area contributed by atoms with Gasteiger partial charge in [0.05, 0.1) is 10.5 Å². The summed E-state index contributed by atoms with van der Waals surface area (Å²) in [5.74, 6) is -1.67. The van der Waals surface area contributed by atoms with E-state index >= 15 is 0 Å².